The molecule has 0 aliphatic rings. The standard InChI is InChI=1S/C3H6Cl2/c1-3(5)2-4/h3H,2H2,1H3/t3-/m0/s1. The highest BCUT2D eigenvalue weighted by Crippen LogP contribution is 1.93. The van der Waals surface area contributed by atoms with E-state index in [1.807, 2.05) is 6.92 Å². The first-order valence-electron chi connectivity index (χ1n) is 1.47. The van der Waals surface area contributed by atoms with Crippen LogP contribution in [0.4, 0.5) is 0 Å². The van der Waals surface area contributed by atoms with E-state index < -0.39 is 0 Å². The van der Waals surface area contributed by atoms with Crippen molar-refractivity contribution in [2.24, 2.45) is 0 Å². The molecule has 0 rings (SSSR count). The number of hydrogen-bond donors (Lipinski definition) is 0. The van der Waals surface area contributed by atoms with Gasteiger partial charge in [-0.05, 0) is 6.92 Å². The quantitative estimate of drug-likeness (QED) is 0.455. The molecule has 0 amide bonds. The van der Waals surface area contributed by atoms with Gasteiger partial charge in [-0.25, -0.2) is 0 Å². The Labute approximate surface area is 42.1 Å². The van der Waals surface area contributed by atoms with Gasteiger partial charge in [0.15, 0.2) is 0 Å². The van der Waals surface area contributed by atoms with Crippen molar-refractivity contribution in [3.05, 3.63) is 0 Å². The lowest BCUT2D eigenvalue weighted by molar-refractivity contribution is 1.11. The minimum absolute atomic E-state index is 0.122. The molecule has 2 heteroatoms. The highest BCUT2D eigenvalue weighted by atomic mass is 35.5. The van der Waals surface area contributed by atoms with Crippen LogP contribution in [0.5, 0.6) is 0 Å². The Balaban J connectivity index is 2.54. The lowest BCUT2D eigenvalue weighted by Gasteiger charge is -1.85. The molecule has 0 aromatic rings. The Morgan fingerprint density at radius 2 is 2.00 bits per heavy atom. The minimum atomic E-state index is 0.122. The second-order valence-corrected chi connectivity index (χ2v) is 1.99. The summed E-state index contributed by atoms with van der Waals surface area (Å²) < 4.78 is 0. The van der Waals surface area contributed by atoms with Crippen molar-refractivity contribution in [3.63, 3.8) is 0 Å². The Morgan fingerprint density at radius 3 is 2.00 bits per heavy atom. The van der Waals surface area contributed by atoms with Crippen LogP contribution in [0, 0.1) is 0 Å². The summed E-state index contributed by atoms with van der Waals surface area (Å²) in [6.07, 6.45) is 0. The van der Waals surface area contributed by atoms with Crippen molar-refractivity contribution < 1.29 is 0 Å². The van der Waals surface area contributed by atoms with Gasteiger partial charge in [-0.1, -0.05) is 0 Å². The number of hydrogen-bond acceptors (Lipinski definition) is 0. The molecule has 0 saturated heterocycles. The molecule has 0 N–H and O–H groups in total. The maximum absolute atomic E-state index is 5.33. The van der Waals surface area contributed by atoms with Gasteiger partial charge in [0.2, 0.25) is 0 Å². The van der Waals surface area contributed by atoms with E-state index in [0.717, 1.165) is 0 Å². The minimum Gasteiger partial charge on any atom is -0.125 e. The van der Waals surface area contributed by atoms with Crippen LogP contribution in [0.3, 0.4) is 0 Å². The Hall–Kier alpha value is 0.580. The van der Waals surface area contributed by atoms with Crippen LogP contribution in [0.15, 0.2) is 0 Å². The maximum Gasteiger partial charge on any atom is 0.0443 e. The fourth-order valence-electron chi connectivity index (χ4n) is 0. The Bertz CT molecular complexity index is 18.9. The van der Waals surface area contributed by atoms with E-state index in [4.69, 9.17) is 23.2 Å². The molecule has 0 aliphatic carbocycles. The van der Waals surface area contributed by atoms with Crippen LogP contribution in [0.1, 0.15) is 6.92 Å². The van der Waals surface area contributed by atoms with Crippen molar-refractivity contribution >= 4 is 23.2 Å². The van der Waals surface area contributed by atoms with Gasteiger partial charge in [0.05, 0.1) is 0 Å². The van der Waals surface area contributed by atoms with Crippen LogP contribution >= 0.6 is 23.2 Å². The molecule has 0 aliphatic heterocycles. The molecule has 0 radical (unpaired) electrons. The van der Waals surface area contributed by atoms with Crippen LogP contribution in [-0.4, -0.2) is 11.3 Å². The highest BCUT2D eigenvalue weighted by Gasteiger charge is 1.85. The molecule has 0 bridgehead atoms. The van der Waals surface area contributed by atoms with Crippen molar-refractivity contribution in [3.8, 4) is 0 Å². The van der Waals surface area contributed by atoms with E-state index in [9.17, 15) is 0 Å². The zero-order valence-corrected chi connectivity index (χ0v) is 4.55. The maximum atomic E-state index is 5.33. The Morgan fingerprint density at radius 1 is 1.80 bits per heavy atom. The molecule has 0 unspecified atom stereocenters. The fourth-order valence-corrected chi connectivity index (χ4v) is 0. The van der Waals surface area contributed by atoms with E-state index in [0.29, 0.717) is 5.88 Å². The van der Waals surface area contributed by atoms with Gasteiger partial charge in [-0.2, -0.15) is 0 Å². The van der Waals surface area contributed by atoms with E-state index in [2.05, 4.69) is 0 Å². The first kappa shape index (κ1) is 5.58. The van der Waals surface area contributed by atoms with E-state index in [1.165, 1.54) is 0 Å². The number of rotatable bonds is 1. The van der Waals surface area contributed by atoms with Crippen LogP contribution in [0.25, 0.3) is 0 Å². The first-order valence-corrected chi connectivity index (χ1v) is 2.44. The largest absolute Gasteiger partial charge is 0.125 e. The van der Waals surface area contributed by atoms with E-state index in [1.54, 1.807) is 0 Å². The van der Waals surface area contributed by atoms with Gasteiger partial charge in [-0.3, -0.25) is 0 Å². The fraction of sp³-hybridized carbons (Fsp3) is 1.00. The second kappa shape index (κ2) is 2.80. The smallest absolute Gasteiger partial charge is 0.0443 e. The van der Waals surface area contributed by atoms with Gasteiger partial charge in [0.25, 0.3) is 0 Å². The molecule has 0 heterocycles. The molecular weight excluding hydrogens is 107 g/mol. The van der Waals surface area contributed by atoms with Crippen molar-refractivity contribution in [2.45, 2.75) is 12.3 Å². The summed E-state index contributed by atoms with van der Waals surface area (Å²) in [7, 11) is 0. The first-order chi connectivity index (χ1) is 2.27. The molecule has 0 aromatic carbocycles. The lowest BCUT2D eigenvalue weighted by atomic mass is 10.6. The summed E-state index contributed by atoms with van der Waals surface area (Å²) in [5.74, 6) is 0.543. The normalized spacial score (nSPS) is 15.0. The molecule has 0 nitrogen and oxygen atoms in total. The van der Waals surface area contributed by atoms with E-state index in [-0.39, 0.29) is 5.38 Å². The third-order valence-electron chi connectivity index (χ3n) is 0.213. The third kappa shape index (κ3) is 4.58. The molecule has 0 saturated carbocycles. The predicted molar refractivity (Wildman–Crippen MR) is 26.0 cm³/mol. The zero-order chi connectivity index (χ0) is 4.28. The summed E-state index contributed by atoms with van der Waals surface area (Å²) in [6.45, 7) is 1.86. The molecule has 5 heavy (non-hydrogen) atoms. The van der Waals surface area contributed by atoms with Gasteiger partial charge >= 0.3 is 0 Å². The monoisotopic (exact) mass is 112 g/mol. The zero-order valence-electron chi connectivity index (χ0n) is 3.04. The average Bonchev–Trinajstić information content (AvgIpc) is 1.38. The third-order valence-corrected chi connectivity index (χ3v) is 0.988. The molecular formula is C3H6Cl2. The molecule has 32 valence electrons. The summed E-state index contributed by atoms with van der Waals surface area (Å²) in [5.41, 5.74) is 0. The summed E-state index contributed by atoms with van der Waals surface area (Å²) in [6, 6.07) is 0. The van der Waals surface area contributed by atoms with E-state index >= 15 is 0 Å². The van der Waals surface area contributed by atoms with Gasteiger partial charge in [-0.15, -0.1) is 23.2 Å². The molecule has 0 fully saturated rings. The lowest BCUT2D eigenvalue weighted by Crippen LogP contribution is -1.87. The van der Waals surface area contributed by atoms with Crippen molar-refractivity contribution in [2.75, 3.05) is 5.88 Å². The number of alkyl halides is 2. The Kier molecular flexibility index (Phi) is 3.12. The van der Waals surface area contributed by atoms with Crippen molar-refractivity contribution in [1.82, 2.24) is 0 Å². The highest BCUT2D eigenvalue weighted by molar-refractivity contribution is 6.27. The number of halogens is 2. The summed E-state index contributed by atoms with van der Waals surface area (Å²) in [4.78, 5) is 0. The molecule has 0 spiro atoms. The van der Waals surface area contributed by atoms with Gasteiger partial charge < -0.3 is 0 Å². The van der Waals surface area contributed by atoms with Gasteiger partial charge in [0, 0.05) is 11.3 Å². The molecule has 1 atom stereocenters. The molecule has 0 aromatic heterocycles. The SMILES string of the molecule is C[C@H](Cl)CCl. The summed E-state index contributed by atoms with van der Waals surface area (Å²) in [5, 5.41) is 0.122. The predicted octanol–water partition coefficient (Wildman–Crippen LogP) is 1.85. The average molecular weight is 113 g/mol. The summed E-state index contributed by atoms with van der Waals surface area (Å²) >= 11 is 10.5. The second-order valence-electron chi connectivity index (χ2n) is 0.935. The van der Waals surface area contributed by atoms with Crippen molar-refractivity contribution in [1.29, 1.82) is 0 Å². The van der Waals surface area contributed by atoms with Crippen LogP contribution < -0.4 is 0 Å². The van der Waals surface area contributed by atoms with Crippen LogP contribution in [-0.2, 0) is 0 Å². The van der Waals surface area contributed by atoms with Crippen LogP contribution in [0.2, 0.25) is 0 Å². The van der Waals surface area contributed by atoms with Gasteiger partial charge in [0.1, 0.15) is 0 Å². The topological polar surface area (TPSA) is 0 Å².